The van der Waals surface area contributed by atoms with Gasteiger partial charge >= 0.3 is 74.8 Å². The Morgan fingerprint density at radius 3 is 0.643 bits per heavy atom. The molecule has 2 radical (unpaired) electrons. The summed E-state index contributed by atoms with van der Waals surface area (Å²) in [6, 6.07) is 0. The first-order chi connectivity index (χ1) is 4.00. The second-order valence-corrected chi connectivity index (χ2v) is 3.08. The summed E-state index contributed by atoms with van der Waals surface area (Å²) in [6.07, 6.45) is 0. The minimum atomic E-state index is -4.64. The Balaban J connectivity index is -0.00000000970. The van der Waals surface area contributed by atoms with Gasteiger partial charge in [-0.1, -0.05) is 0 Å². The number of hydrogen-bond acceptors (Lipinski definition) is 2. The van der Waals surface area contributed by atoms with Crippen molar-refractivity contribution < 1.29 is 138 Å². The van der Waals surface area contributed by atoms with Crippen LogP contribution in [0.4, 0.5) is 0 Å². The van der Waals surface area contributed by atoms with E-state index in [-0.39, 0.29) is 99.1 Å². The van der Waals surface area contributed by atoms with Crippen molar-refractivity contribution in [2.24, 2.45) is 0 Å². The van der Waals surface area contributed by atoms with Gasteiger partial charge in [-0.3, -0.25) is 0 Å². The van der Waals surface area contributed by atoms with Crippen LogP contribution in [0.5, 0.6) is 0 Å². The molecule has 0 rings (SSSR count). The zero-order valence-corrected chi connectivity index (χ0v) is 15.9. The van der Waals surface area contributed by atoms with E-state index in [0.717, 1.165) is 0 Å². The van der Waals surface area contributed by atoms with Crippen LogP contribution in [-0.4, -0.2) is 29.4 Å². The van der Waals surface area contributed by atoms with Crippen molar-refractivity contribution in [3.63, 3.8) is 0 Å². The molecule has 0 aliphatic heterocycles. The molecule has 0 spiro atoms. The minimum absolute atomic E-state index is 0. The quantitative estimate of drug-likeness (QED) is 0.187. The predicted molar refractivity (Wildman–Crippen MR) is 30.7 cm³/mol. The molecule has 0 saturated heterocycles. The second kappa shape index (κ2) is 16.4. The van der Waals surface area contributed by atoms with Crippen LogP contribution >= 0.6 is 15.6 Å². The molecule has 0 amide bonds. The first-order valence-electron chi connectivity index (χ1n) is 1.57. The zero-order valence-electron chi connectivity index (χ0n) is 9.29. The third-order valence-corrected chi connectivity index (χ3v) is 0. The van der Waals surface area contributed by atoms with E-state index in [4.69, 9.17) is 38.5 Å². The summed E-state index contributed by atoms with van der Waals surface area (Å²) < 4.78 is 17.8. The maximum absolute atomic E-state index is 8.88. The van der Waals surface area contributed by atoms with E-state index in [9.17, 15) is 0 Å². The predicted octanol–water partition coefficient (Wildman–Crippen LogP) is -7.63. The average molecular weight is 346 g/mol. The van der Waals surface area contributed by atoms with Crippen molar-refractivity contribution in [2.75, 3.05) is 0 Å². The largest absolute Gasteiger partial charge is 1.00 e. The smallest absolute Gasteiger partial charge is 1.00 e. The topological polar surface area (TPSA) is 156 Å². The van der Waals surface area contributed by atoms with Crippen LogP contribution in [0, 0.1) is 0 Å². The Morgan fingerprint density at radius 1 is 0.643 bits per heavy atom. The molecule has 78 valence electrons. The molecule has 14 heavy (non-hydrogen) atoms. The van der Waals surface area contributed by atoms with E-state index in [2.05, 4.69) is 0 Å². The van der Waals surface area contributed by atoms with Crippen LogP contribution in [0.15, 0.2) is 0 Å². The van der Waals surface area contributed by atoms with Crippen LogP contribution in [0.25, 0.3) is 0 Å². The molecule has 0 saturated carbocycles. The zero-order chi connectivity index (χ0) is 9.00. The molecular formula is H8Na2O8P2V2. The molecule has 0 aromatic rings. The maximum atomic E-state index is 8.88. The third kappa shape index (κ3) is 277. The molecule has 0 aliphatic rings. The van der Waals surface area contributed by atoms with Gasteiger partial charge in [0, 0.05) is 37.1 Å². The van der Waals surface area contributed by atoms with Gasteiger partial charge in [0.05, 0.1) is 0 Å². The maximum Gasteiger partial charge on any atom is 1.00 e. The van der Waals surface area contributed by atoms with Gasteiger partial charge in [-0.25, -0.2) is 9.13 Å². The fraction of sp³-hybridized carbons (Fsp3) is 0. The van der Waals surface area contributed by atoms with Crippen molar-refractivity contribution in [3.05, 3.63) is 0 Å². The molecule has 0 atom stereocenters. The summed E-state index contributed by atoms with van der Waals surface area (Å²) in [4.78, 5) is 43.1. The van der Waals surface area contributed by atoms with Gasteiger partial charge in [-0.15, -0.1) is 0 Å². The number of hydrogen-bond donors (Lipinski definition) is 6. The first-order valence-corrected chi connectivity index (χ1v) is 4.70. The van der Waals surface area contributed by atoms with E-state index in [1.807, 2.05) is 0 Å². The Labute approximate surface area is 151 Å². The summed E-state index contributed by atoms with van der Waals surface area (Å²) >= 11 is 0. The monoisotopic (exact) mass is 346 g/mol. The fourth-order valence-electron chi connectivity index (χ4n) is 0. The minimum Gasteiger partial charge on any atom is -1.00 e. The fourth-order valence-corrected chi connectivity index (χ4v) is 0. The normalized spacial score (nSPS) is 8.43. The second-order valence-electron chi connectivity index (χ2n) is 1.03. The van der Waals surface area contributed by atoms with Crippen LogP contribution in [0.3, 0.4) is 0 Å². The summed E-state index contributed by atoms with van der Waals surface area (Å²) in [5.41, 5.74) is 0. The molecule has 0 fully saturated rings. The van der Waals surface area contributed by atoms with Crippen LogP contribution in [-0.2, 0) is 46.2 Å². The van der Waals surface area contributed by atoms with Gasteiger partial charge in [0.1, 0.15) is 0 Å². The van der Waals surface area contributed by atoms with E-state index < -0.39 is 15.6 Å². The molecule has 0 heterocycles. The molecule has 0 bridgehead atoms. The van der Waals surface area contributed by atoms with Crippen LogP contribution < -0.4 is 59.1 Å². The van der Waals surface area contributed by atoms with Gasteiger partial charge in [0.2, 0.25) is 0 Å². The van der Waals surface area contributed by atoms with E-state index >= 15 is 0 Å². The molecule has 0 aliphatic carbocycles. The Hall–Kier alpha value is 3.39. The van der Waals surface area contributed by atoms with Gasteiger partial charge in [0.25, 0.3) is 0 Å². The molecule has 14 heteroatoms. The Morgan fingerprint density at radius 2 is 0.643 bits per heavy atom. The van der Waals surface area contributed by atoms with E-state index in [1.54, 1.807) is 0 Å². The van der Waals surface area contributed by atoms with Gasteiger partial charge in [-0.05, 0) is 0 Å². The Kier molecular flexibility index (Phi) is 42.2. The molecular weight excluding hydrogens is 338 g/mol. The van der Waals surface area contributed by atoms with E-state index in [0.29, 0.717) is 0 Å². The van der Waals surface area contributed by atoms with E-state index in [1.165, 1.54) is 0 Å². The van der Waals surface area contributed by atoms with Gasteiger partial charge < -0.3 is 32.2 Å². The van der Waals surface area contributed by atoms with Crippen LogP contribution in [0.2, 0.25) is 0 Å². The molecule has 0 aromatic carbocycles. The summed E-state index contributed by atoms with van der Waals surface area (Å²) in [6.45, 7) is 0. The van der Waals surface area contributed by atoms with Crippen molar-refractivity contribution in [1.82, 2.24) is 0 Å². The average Bonchev–Trinajstić information content (AvgIpc) is 1.12. The number of rotatable bonds is 0. The number of phosphoric acid groups is 2. The molecule has 0 unspecified atom stereocenters. The summed E-state index contributed by atoms with van der Waals surface area (Å²) in [7, 11) is -9.28. The third-order valence-electron chi connectivity index (χ3n) is 0. The summed E-state index contributed by atoms with van der Waals surface area (Å²) in [5.74, 6) is 0. The van der Waals surface area contributed by atoms with Crippen LogP contribution in [0.1, 0.15) is 2.85 Å². The summed E-state index contributed by atoms with van der Waals surface area (Å²) in [5, 5.41) is 0. The molecule has 8 nitrogen and oxygen atoms in total. The Bertz CT molecular complexity index is 144. The van der Waals surface area contributed by atoms with Gasteiger partial charge in [0.15, 0.2) is 0 Å². The first kappa shape index (κ1) is 36.0. The van der Waals surface area contributed by atoms with Gasteiger partial charge in [-0.2, -0.15) is 0 Å². The van der Waals surface area contributed by atoms with Crippen molar-refractivity contribution in [1.29, 1.82) is 0 Å². The standard InChI is InChI=1S/2Na.2H3O4P.2V.2H/c;;2*1-5(2,3)4;;;;/h;;2*(H3,1,2,3,4);;;;/q2*+1;;;;;2*-1. The SMILES string of the molecule is O=P(O)(O)O.O=P(O)(O)O.[H-].[H-].[Na+].[Na+].[V].[V]. The van der Waals surface area contributed by atoms with Crippen molar-refractivity contribution in [3.8, 4) is 0 Å². The molecule has 0 aromatic heterocycles. The molecule has 6 N–H and O–H groups in total. The van der Waals surface area contributed by atoms with Crippen molar-refractivity contribution in [2.45, 2.75) is 0 Å². The van der Waals surface area contributed by atoms with Crippen molar-refractivity contribution >= 4 is 15.6 Å².